The van der Waals surface area contributed by atoms with Crippen LogP contribution in [0, 0.1) is 18.8 Å². The SMILES string of the molecule is Cc1cc(N2CCOC2=O)ccc1CCS(=O)(=O)N1CCC2(CC1)N=C(C1CCC(C)CC1)NC2=O. The summed E-state index contributed by atoms with van der Waals surface area (Å²) in [6, 6.07) is 5.63. The van der Waals surface area contributed by atoms with Crippen LogP contribution in [0.2, 0.25) is 0 Å². The number of nitrogens with one attached hydrogen (secondary N) is 1. The Morgan fingerprint density at radius 2 is 1.83 bits per heavy atom. The summed E-state index contributed by atoms with van der Waals surface area (Å²) in [7, 11) is -3.47. The van der Waals surface area contributed by atoms with Gasteiger partial charge in [0.2, 0.25) is 10.0 Å². The largest absolute Gasteiger partial charge is 0.447 e. The molecule has 1 spiro atoms. The van der Waals surface area contributed by atoms with E-state index in [-0.39, 0.29) is 17.8 Å². The van der Waals surface area contributed by atoms with Crippen LogP contribution in [-0.4, -0.2) is 68.1 Å². The number of hydrogen-bond donors (Lipinski definition) is 1. The second-order valence-corrected chi connectivity index (χ2v) is 12.9. The lowest BCUT2D eigenvalue weighted by Crippen LogP contribution is -2.51. The number of sulfonamides is 1. The summed E-state index contributed by atoms with van der Waals surface area (Å²) < 4.78 is 32.8. The summed E-state index contributed by atoms with van der Waals surface area (Å²) in [5, 5.41) is 3.04. The highest BCUT2D eigenvalue weighted by molar-refractivity contribution is 7.89. The first-order chi connectivity index (χ1) is 17.2. The fourth-order valence-corrected chi connectivity index (χ4v) is 7.34. The monoisotopic (exact) mass is 516 g/mol. The molecule has 0 radical (unpaired) electrons. The molecule has 10 heteroatoms. The smallest absolute Gasteiger partial charge is 0.414 e. The molecule has 36 heavy (non-hydrogen) atoms. The first-order valence-corrected chi connectivity index (χ1v) is 14.7. The maximum absolute atomic E-state index is 13.1. The number of piperidine rings is 1. The molecule has 1 aliphatic carbocycles. The summed E-state index contributed by atoms with van der Waals surface area (Å²) in [5.41, 5.74) is 1.84. The average molecular weight is 517 g/mol. The van der Waals surface area contributed by atoms with E-state index >= 15 is 0 Å². The minimum absolute atomic E-state index is 0.00686. The molecular formula is C26H36N4O5S. The number of anilines is 1. The molecule has 4 aliphatic rings. The van der Waals surface area contributed by atoms with Crippen molar-refractivity contribution in [2.24, 2.45) is 16.8 Å². The lowest BCUT2D eigenvalue weighted by molar-refractivity contribution is -0.125. The number of carbonyl (C=O) groups is 2. The van der Waals surface area contributed by atoms with Crippen LogP contribution >= 0.6 is 0 Å². The third-order valence-corrected chi connectivity index (χ3v) is 10.2. The van der Waals surface area contributed by atoms with Gasteiger partial charge in [0.1, 0.15) is 18.0 Å². The Bertz CT molecular complexity index is 1160. The zero-order valence-electron chi connectivity index (χ0n) is 21.2. The van der Waals surface area contributed by atoms with Crippen LogP contribution in [0.25, 0.3) is 0 Å². The normalized spacial score (nSPS) is 26.7. The number of rotatable bonds is 6. The Kier molecular flexibility index (Phi) is 6.84. The Labute approximate surface area is 213 Å². The molecule has 1 aromatic rings. The number of nitrogens with zero attached hydrogens (tertiary/aromatic N) is 3. The minimum atomic E-state index is -3.47. The highest BCUT2D eigenvalue weighted by Gasteiger charge is 2.48. The second kappa shape index (κ2) is 9.78. The van der Waals surface area contributed by atoms with Gasteiger partial charge in [0, 0.05) is 24.7 Å². The molecule has 2 saturated heterocycles. The molecular weight excluding hydrogens is 480 g/mol. The number of benzene rings is 1. The number of ether oxygens (including phenoxy) is 1. The minimum Gasteiger partial charge on any atom is -0.447 e. The van der Waals surface area contributed by atoms with Gasteiger partial charge in [0.05, 0.1) is 12.3 Å². The zero-order chi connectivity index (χ0) is 25.5. The molecule has 9 nitrogen and oxygen atoms in total. The van der Waals surface area contributed by atoms with Crippen molar-refractivity contribution in [3.8, 4) is 0 Å². The number of cyclic esters (lactones) is 1. The van der Waals surface area contributed by atoms with E-state index < -0.39 is 15.6 Å². The van der Waals surface area contributed by atoms with Gasteiger partial charge in [0.25, 0.3) is 5.91 Å². The fraction of sp³-hybridized carbons (Fsp3) is 0.654. The summed E-state index contributed by atoms with van der Waals surface area (Å²) in [6.07, 6.45) is 5.31. The van der Waals surface area contributed by atoms with Crippen LogP contribution in [0.15, 0.2) is 23.2 Å². The van der Waals surface area contributed by atoms with Gasteiger partial charge in [-0.3, -0.25) is 14.7 Å². The standard InChI is InChI=1S/C26H36N4O5S/c1-18-3-5-21(6-4-18)23-27-24(31)26(28-23)10-12-29(13-11-26)36(33,34)16-9-20-7-8-22(17-19(20)2)30-14-15-35-25(30)32/h7-8,17-18,21H,3-6,9-16H2,1-2H3,(H,27,28,31). The lowest BCUT2D eigenvalue weighted by Gasteiger charge is -2.34. The lowest BCUT2D eigenvalue weighted by atomic mass is 9.82. The highest BCUT2D eigenvalue weighted by Crippen LogP contribution is 2.36. The quantitative estimate of drug-likeness (QED) is 0.625. The van der Waals surface area contributed by atoms with E-state index in [1.807, 2.05) is 25.1 Å². The van der Waals surface area contributed by atoms with Gasteiger partial charge >= 0.3 is 6.09 Å². The maximum atomic E-state index is 13.1. The highest BCUT2D eigenvalue weighted by atomic mass is 32.2. The summed E-state index contributed by atoms with van der Waals surface area (Å²) in [6.45, 7) is 5.71. The molecule has 1 N–H and O–H groups in total. The van der Waals surface area contributed by atoms with Gasteiger partial charge in [-0.2, -0.15) is 0 Å². The number of amidine groups is 1. The van der Waals surface area contributed by atoms with Crippen molar-refractivity contribution < 1.29 is 22.7 Å². The van der Waals surface area contributed by atoms with E-state index in [4.69, 9.17) is 9.73 Å². The van der Waals surface area contributed by atoms with Gasteiger partial charge < -0.3 is 10.1 Å². The van der Waals surface area contributed by atoms with E-state index in [9.17, 15) is 18.0 Å². The van der Waals surface area contributed by atoms with Crippen LogP contribution in [0.3, 0.4) is 0 Å². The molecule has 1 aromatic carbocycles. The molecule has 3 heterocycles. The van der Waals surface area contributed by atoms with Gasteiger partial charge in [-0.1, -0.05) is 25.8 Å². The Balaban J connectivity index is 1.18. The molecule has 5 rings (SSSR count). The van der Waals surface area contributed by atoms with Crippen LogP contribution in [0.4, 0.5) is 10.5 Å². The summed E-state index contributed by atoms with van der Waals surface area (Å²) >= 11 is 0. The van der Waals surface area contributed by atoms with Crippen LogP contribution in [0.5, 0.6) is 0 Å². The maximum Gasteiger partial charge on any atom is 0.414 e. The fourth-order valence-electron chi connectivity index (χ4n) is 5.87. The van der Waals surface area contributed by atoms with Crippen molar-refractivity contribution in [3.63, 3.8) is 0 Å². The van der Waals surface area contributed by atoms with E-state index in [2.05, 4.69) is 12.2 Å². The topological polar surface area (TPSA) is 108 Å². The van der Waals surface area contributed by atoms with Gasteiger partial charge in [-0.25, -0.2) is 17.5 Å². The number of amides is 2. The van der Waals surface area contributed by atoms with E-state index in [1.54, 1.807) is 4.90 Å². The molecule has 0 bridgehead atoms. The Morgan fingerprint density at radius 3 is 2.47 bits per heavy atom. The van der Waals surface area contributed by atoms with Crippen molar-refractivity contribution >= 4 is 33.5 Å². The molecule has 2 amide bonds. The Hall–Kier alpha value is -2.46. The van der Waals surface area contributed by atoms with Crippen molar-refractivity contribution in [1.82, 2.24) is 9.62 Å². The molecule has 0 aromatic heterocycles. The van der Waals surface area contributed by atoms with E-state index in [0.717, 1.165) is 54.3 Å². The Morgan fingerprint density at radius 1 is 1.11 bits per heavy atom. The number of aryl methyl sites for hydroxylation is 2. The average Bonchev–Trinajstić information content (AvgIpc) is 3.42. The molecule has 0 atom stereocenters. The summed E-state index contributed by atoms with van der Waals surface area (Å²) in [5.74, 6) is 1.81. The van der Waals surface area contributed by atoms with E-state index in [1.165, 1.54) is 4.31 Å². The molecule has 3 fully saturated rings. The zero-order valence-corrected chi connectivity index (χ0v) is 22.0. The van der Waals surface area contributed by atoms with E-state index in [0.29, 0.717) is 51.4 Å². The first kappa shape index (κ1) is 25.2. The number of carbonyl (C=O) groups excluding carboxylic acids is 2. The van der Waals surface area contributed by atoms with Crippen molar-refractivity contribution in [1.29, 1.82) is 0 Å². The number of aliphatic imine (C=N–C) groups is 1. The first-order valence-electron chi connectivity index (χ1n) is 13.1. The predicted octanol–water partition coefficient (Wildman–Crippen LogP) is 3.01. The van der Waals surface area contributed by atoms with Gasteiger partial charge in [0.15, 0.2) is 0 Å². The van der Waals surface area contributed by atoms with Crippen molar-refractivity contribution in [3.05, 3.63) is 29.3 Å². The van der Waals surface area contributed by atoms with Gasteiger partial charge in [-0.15, -0.1) is 0 Å². The second-order valence-electron chi connectivity index (χ2n) is 10.8. The molecule has 196 valence electrons. The third kappa shape index (κ3) is 4.89. The predicted molar refractivity (Wildman–Crippen MR) is 138 cm³/mol. The van der Waals surface area contributed by atoms with Crippen LogP contribution in [0.1, 0.15) is 56.6 Å². The summed E-state index contributed by atoms with van der Waals surface area (Å²) in [4.78, 5) is 31.2. The van der Waals surface area contributed by atoms with Crippen LogP contribution < -0.4 is 10.2 Å². The molecule has 1 saturated carbocycles. The number of hydrogen-bond acceptors (Lipinski definition) is 6. The van der Waals surface area contributed by atoms with Crippen molar-refractivity contribution in [2.75, 3.05) is 36.9 Å². The van der Waals surface area contributed by atoms with Gasteiger partial charge in [-0.05, 0) is 68.2 Å². The van der Waals surface area contributed by atoms with Crippen molar-refractivity contribution in [2.45, 2.75) is 64.3 Å². The third-order valence-electron chi connectivity index (χ3n) is 8.37. The molecule has 0 unspecified atom stereocenters. The molecule has 3 aliphatic heterocycles. The van der Waals surface area contributed by atoms with Crippen LogP contribution in [-0.2, 0) is 26.0 Å².